The summed E-state index contributed by atoms with van der Waals surface area (Å²) in [6.07, 6.45) is 1.66. The Kier molecular flexibility index (Phi) is 3.60. The van der Waals surface area contributed by atoms with E-state index in [-0.39, 0.29) is 6.04 Å². The normalized spacial score (nSPS) is 12.5. The van der Waals surface area contributed by atoms with Gasteiger partial charge in [-0.3, -0.25) is 0 Å². The number of fused-ring (bicyclic) bond motifs is 3. The molecule has 0 radical (unpaired) electrons. The summed E-state index contributed by atoms with van der Waals surface area (Å²) in [5.41, 5.74) is 5.07. The van der Waals surface area contributed by atoms with Crippen LogP contribution in [0.2, 0.25) is 0 Å². The molecule has 1 aromatic heterocycles. The van der Waals surface area contributed by atoms with Gasteiger partial charge in [0, 0.05) is 0 Å². The van der Waals surface area contributed by atoms with E-state index in [1.165, 1.54) is 22.3 Å². The van der Waals surface area contributed by atoms with Gasteiger partial charge in [0.25, 0.3) is 0 Å². The molecule has 1 heterocycles. The van der Waals surface area contributed by atoms with Crippen molar-refractivity contribution < 1.29 is 4.42 Å². The Morgan fingerprint density at radius 2 is 1.57 bits per heavy atom. The number of benzene rings is 2. The zero-order chi connectivity index (χ0) is 15.6. The average Bonchev–Trinajstić information content (AvgIpc) is 3.21. The van der Waals surface area contributed by atoms with Gasteiger partial charge in [-0.15, -0.1) is 0 Å². The summed E-state index contributed by atoms with van der Waals surface area (Å²) in [7, 11) is 0. The summed E-state index contributed by atoms with van der Waals surface area (Å²) >= 11 is 5.46. The van der Waals surface area contributed by atoms with Gasteiger partial charge in [-0.25, -0.2) is 0 Å². The molecular formula is C19H16N2OS. The van der Waals surface area contributed by atoms with E-state index >= 15 is 0 Å². The van der Waals surface area contributed by atoms with Crippen LogP contribution in [0.5, 0.6) is 0 Å². The number of furan rings is 1. The van der Waals surface area contributed by atoms with Crippen LogP contribution in [-0.2, 0) is 6.54 Å². The summed E-state index contributed by atoms with van der Waals surface area (Å²) in [4.78, 5) is 0. The first-order chi connectivity index (χ1) is 11.3. The summed E-state index contributed by atoms with van der Waals surface area (Å²) in [5, 5.41) is 7.26. The predicted molar refractivity (Wildman–Crippen MR) is 95.0 cm³/mol. The van der Waals surface area contributed by atoms with Crippen LogP contribution < -0.4 is 10.6 Å². The third-order valence-electron chi connectivity index (χ3n) is 4.11. The molecule has 0 aliphatic heterocycles. The molecule has 2 aromatic carbocycles. The zero-order valence-corrected chi connectivity index (χ0v) is 13.3. The van der Waals surface area contributed by atoms with Crippen LogP contribution in [0.3, 0.4) is 0 Å². The van der Waals surface area contributed by atoms with Crippen molar-refractivity contribution >= 4 is 17.3 Å². The lowest BCUT2D eigenvalue weighted by molar-refractivity contribution is 0.502. The van der Waals surface area contributed by atoms with Gasteiger partial charge < -0.3 is 15.1 Å². The highest BCUT2D eigenvalue weighted by Gasteiger charge is 2.28. The molecular weight excluding hydrogens is 304 g/mol. The number of thiocarbonyl (C=S) groups is 1. The quantitative estimate of drug-likeness (QED) is 0.715. The largest absolute Gasteiger partial charge is 0.467 e. The van der Waals surface area contributed by atoms with Crippen LogP contribution in [0.15, 0.2) is 71.3 Å². The maximum absolute atomic E-state index is 5.46. The molecule has 0 saturated heterocycles. The van der Waals surface area contributed by atoms with E-state index in [9.17, 15) is 0 Å². The molecule has 114 valence electrons. The first-order valence-electron chi connectivity index (χ1n) is 7.58. The van der Waals surface area contributed by atoms with Crippen molar-refractivity contribution in [1.29, 1.82) is 0 Å². The standard InChI is InChI=1S/C19H16N2OS/c23-19(20-12-13-6-5-11-22-13)21-18-16-9-3-1-7-14(16)15-8-2-4-10-17(15)18/h1-11,18H,12H2,(H2,20,21,23). The lowest BCUT2D eigenvalue weighted by Crippen LogP contribution is -2.37. The van der Waals surface area contributed by atoms with Crippen LogP contribution in [0.25, 0.3) is 11.1 Å². The predicted octanol–water partition coefficient (Wildman–Crippen LogP) is 4.01. The lowest BCUT2D eigenvalue weighted by Gasteiger charge is -2.18. The molecule has 23 heavy (non-hydrogen) atoms. The van der Waals surface area contributed by atoms with Crippen molar-refractivity contribution in [3.63, 3.8) is 0 Å². The van der Waals surface area contributed by atoms with Gasteiger partial charge in [0.1, 0.15) is 5.76 Å². The minimum Gasteiger partial charge on any atom is -0.467 e. The molecule has 4 heteroatoms. The van der Waals surface area contributed by atoms with E-state index in [0.29, 0.717) is 11.7 Å². The SMILES string of the molecule is S=C(NCc1ccco1)NC1c2ccccc2-c2ccccc21. The Morgan fingerprint density at radius 1 is 0.913 bits per heavy atom. The first-order valence-corrected chi connectivity index (χ1v) is 7.99. The minimum absolute atomic E-state index is 0.0824. The van der Waals surface area contributed by atoms with Gasteiger partial charge in [0.05, 0.1) is 18.8 Å². The van der Waals surface area contributed by atoms with Crippen LogP contribution in [0.4, 0.5) is 0 Å². The Labute approximate surface area is 140 Å². The minimum atomic E-state index is 0.0824. The summed E-state index contributed by atoms with van der Waals surface area (Å²) in [6.45, 7) is 0.578. The fourth-order valence-electron chi connectivity index (χ4n) is 3.07. The molecule has 0 unspecified atom stereocenters. The molecule has 0 saturated carbocycles. The van der Waals surface area contributed by atoms with Crippen LogP contribution >= 0.6 is 12.2 Å². The van der Waals surface area contributed by atoms with E-state index in [2.05, 4.69) is 59.2 Å². The molecule has 1 aliphatic carbocycles. The highest BCUT2D eigenvalue weighted by molar-refractivity contribution is 7.80. The first kappa shape index (κ1) is 14.0. The average molecular weight is 320 g/mol. The van der Waals surface area contributed by atoms with Crippen LogP contribution in [-0.4, -0.2) is 5.11 Å². The van der Waals surface area contributed by atoms with Crippen LogP contribution in [0, 0.1) is 0 Å². The second-order valence-electron chi connectivity index (χ2n) is 5.51. The monoisotopic (exact) mass is 320 g/mol. The zero-order valence-electron chi connectivity index (χ0n) is 12.5. The Hall–Kier alpha value is -2.59. The molecule has 4 rings (SSSR count). The smallest absolute Gasteiger partial charge is 0.167 e. The molecule has 0 atom stereocenters. The second-order valence-corrected chi connectivity index (χ2v) is 5.92. The van der Waals surface area contributed by atoms with Gasteiger partial charge >= 0.3 is 0 Å². The van der Waals surface area contributed by atoms with Crippen molar-refractivity contribution in [1.82, 2.24) is 10.6 Å². The Bertz CT molecular complexity index is 797. The fourth-order valence-corrected chi connectivity index (χ4v) is 3.26. The molecule has 0 bridgehead atoms. The van der Waals surface area contributed by atoms with E-state index in [1.54, 1.807) is 6.26 Å². The maximum Gasteiger partial charge on any atom is 0.167 e. The summed E-state index contributed by atoms with van der Waals surface area (Å²) < 4.78 is 5.32. The third-order valence-corrected chi connectivity index (χ3v) is 4.37. The lowest BCUT2D eigenvalue weighted by atomic mass is 10.1. The molecule has 1 aliphatic rings. The van der Waals surface area contributed by atoms with Crippen molar-refractivity contribution in [2.75, 3.05) is 0 Å². The van der Waals surface area contributed by atoms with Gasteiger partial charge in [-0.1, -0.05) is 48.5 Å². The molecule has 0 spiro atoms. The third kappa shape index (κ3) is 2.62. The molecule has 2 N–H and O–H groups in total. The maximum atomic E-state index is 5.46. The topological polar surface area (TPSA) is 37.2 Å². The Balaban J connectivity index is 1.55. The van der Waals surface area contributed by atoms with Crippen molar-refractivity contribution in [3.05, 3.63) is 83.8 Å². The Morgan fingerprint density at radius 3 is 2.17 bits per heavy atom. The van der Waals surface area contributed by atoms with Crippen LogP contribution in [0.1, 0.15) is 22.9 Å². The van der Waals surface area contributed by atoms with E-state index in [0.717, 1.165) is 5.76 Å². The van der Waals surface area contributed by atoms with Gasteiger partial charge in [-0.2, -0.15) is 0 Å². The number of hydrogen-bond acceptors (Lipinski definition) is 2. The second kappa shape index (κ2) is 5.89. The van der Waals surface area contributed by atoms with Gasteiger partial charge in [0.2, 0.25) is 0 Å². The number of nitrogens with one attached hydrogen (secondary N) is 2. The molecule has 0 fully saturated rings. The van der Waals surface area contributed by atoms with Crippen molar-refractivity contribution in [2.24, 2.45) is 0 Å². The summed E-state index contributed by atoms with van der Waals surface area (Å²) in [5.74, 6) is 0.862. The number of rotatable bonds is 3. The fraction of sp³-hybridized carbons (Fsp3) is 0.105. The number of hydrogen-bond donors (Lipinski definition) is 2. The van der Waals surface area contributed by atoms with E-state index < -0.39 is 0 Å². The van der Waals surface area contributed by atoms with Crippen molar-refractivity contribution in [3.8, 4) is 11.1 Å². The summed E-state index contributed by atoms with van der Waals surface area (Å²) in [6, 6.07) is 20.8. The highest BCUT2D eigenvalue weighted by Crippen LogP contribution is 2.42. The molecule has 3 nitrogen and oxygen atoms in total. The highest BCUT2D eigenvalue weighted by atomic mass is 32.1. The van der Waals surface area contributed by atoms with E-state index in [4.69, 9.17) is 16.6 Å². The van der Waals surface area contributed by atoms with Gasteiger partial charge in [0.15, 0.2) is 5.11 Å². The molecule has 3 aromatic rings. The van der Waals surface area contributed by atoms with Gasteiger partial charge in [-0.05, 0) is 46.6 Å². The van der Waals surface area contributed by atoms with Crippen molar-refractivity contribution in [2.45, 2.75) is 12.6 Å². The molecule has 0 amide bonds. The van der Waals surface area contributed by atoms with E-state index in [1.807, 2.05) is 12.1 Å².